The highest BCUT2D eigenvalue weighted by molar-refractivity contribution is 7.92. The summed E-state index contributed by atoms with van der Waals surface area (Å²) < 4.78 is 32.3. The van der Waals surface area contributed by atoms with E-state index in [2.05, 4.69) is 5.32 Å². The molecular weight excluding hydrogens is 478 g/mol. The number of para-hydroxylation sites is 2. The zero-order valence-electron chi connectivity index (χ0n) is 22.2. The number of ether oxygens (including phenoxy) is 1. The monoisotopic (exact) mass is 517 g/mol. The molecule has 1 N–H and O–H groups in total. The van der Waals surface area contributed by atoms with Crippen LogP contribution in [0.5, 0.6) is 5.75 Å². The van der Waals surface area contributed by atoms with Crippen molar-refractivity contribution in [1.29, 1.82) is 0 Å². The molecule has 2 atom stereocenters. The normalized spacial score (nSPS) is 12.9. The molecule has 0 heterocycles. The summed E-state index contributed by atoms with van der Waals surface area (Å²) in [6.07, 6.45) is 2.19. The van der Waals surface area contributed by atoms with Gasteiger partial charge in [0.15, 0.2) is 0 Å². The first-order chi connectivity index (χ1) is 17.0. The van der Waals surface area contributed by atoms with Crippen LogP contribution in [0.3, 0.4) is 0 Å². The first-order valence-corrected chi connectivity index (χ1v) is 14.2. The topological polar surface area (TPSA) is 96.0 Å². The van der Waals surface area contributed by atoms with Crippen molar-refractivity contribution >= 4 is 27.5 Å². The van der Waals surface area contributed by atoms with Gasteiger partial charge in [-0.15, -0.1) is 0 Å². The molecule has 9 heteroatoms. The van der Waals surface area contributed by atoms with Crippen LogP contribution in [0.2, 0.25) is 0 Å². The highest BCUT2D eigenvalue weighted by atomic mass is 32.2. The lowest BCUT2D eigenvalue weighted by Gasteiger charge is -2.33. The smallest absolute Gasteiger partial charge is 0.244 e. The Balaban J connectivity index is 2.47. The number of nitrogens with zero attached hydrogens (tertiary/aromatic N) is 2. The lowest BCUT2D eigenvalue weighted by Crippen LogP contribution is -2.53. The van der Waals surface area contributed by atoms with Crippen LogP contribution < -0.4 is 14.4 Å². The van der Waals surface area contributed by atoms with Crippen LogP contribution in [-0.2, 0) is 26.2 Å². The first kappa shape index (κ1) is 29.2. The number of anilines is 1. The minimum absolute atomic E-state index is 0.0477. The van der Waals surface area contributed by atoms with Gasteiger partial charge in [-0.25, -0.2) is 8.42 Å². The Hall–Kier alpha value is -3.07. The van der Waals surface area contributed by atoms with E-state index >= 15 is 0 Å². The molecule has 2 rings (SSSR count). The molecule has 0 aliphatic heterocycles. The Morgan fingerprint density at radius 2 is 1.64 bits per heavy atom. The van der Waals surface area contributed by atoms with E-state index in [1.807, 2.05) is 52.0 Å². The van der Waals surface area contributed by atoms with E-state index in [4.69, 9.17) is 4.74 Å². The average molecular weight is 518 g/mol. The van der Waals surface area contributed by atoms with Crippen LogP contribution in [0.4, 0.5) is 5.69 Å². The third-order valence-electron chi connectivity index (χ3n) is 5.97. The fourth-order valence-electron chi connectivity index (χ4n) is 3.79. The maximum Gasteiger partial charge on any atom is 0.244 e. The standard InChI is InChI=1S/C27H39N3O5S/c1-7-21(5)28-27(32)23(8-2)29(18-22-16-14-20(4)15-17-22)26(31)19-30(36(6,33)34)24-12-10-11-13-25(24)35-9-3/h10-17,21,23H,7-9,18-19H2,1-6H3,(H,28,32)/t21-,23-/m1/s1. The largest absolute Gasteiger partial charge is 0.492 e. The van der Waals surface area contributed by atoms with Crippen LogP contribution in [0.25, 0.3) is 0 Å². The van der Waals surface area contributed by atoms with Gasteiger partial charge in [-0.05, 0) is 51.3 Å². The molecule has 0 spiro atoms. The van der Waals surface area contributed by atoms with Crippen molar-refractivity contribution in [1.82, 2.24) is 10.2 Å². The molecule has 0 saturated carbocycles. The van der Waals surface area contributed by atoms with E-state index in [0.717, 1.165) is 28.1 Å². The van der Waals surface area contributed by atoms with Gasteiger partial charge < -0.3 is 15.0 Å². The van der Waals surface area contributed by atoms with Crippen LogP contribution in [-0.4, -0.2) is 56.6 Å². The van der Waals surface area contributed by atoms with E-state index in [9.17, 15) is 18.0 Å². The highest BCUT2D eigenvalue weighted by Gasteiger charge is 2.32. The number of amides is 2. The molecule has 0 aliphatic rings. The van der Waals surface area contributed by atoms with E-state index in [1.54, 1.807) is 31.2 Å². The van der Waals surface area contributed by atoms with Crippen molar-refractivity contribution < 1.29 is 22.7 Å². The number of carbonyl (C=O) groups is 2. The zero-order chi connectivity index (χ0) is 26.9. The Morgan fingerprint density at radius 1 is 1.00 bits per heavy atom. The Morgan fingerprint density at radius 3 is 2.19 bits per heavy atom. The third kappa shape index (κ3) is 7.98. The number of sulfonamides is 1. The first-order valence-electron chi connectivity index (χ1n) is 12.4. The van der Waals surface area contributed by atoms with Crippen molar-refractivity contribution in [2.24, 2.45) is 0 Å². The number of aryl methyl sites for hydroxylation is 1. The summed E-state index contributed by atoms with van der Waals surface area (Å²) in [5, 5.41) is 2.97. The summed E-state index contributed by atoms with van der Waals surface area (Å²) in [5.41, 5.74) is 2.21. The van der Waals surface area contributed by atoms with Gasteiger partial charge >= 0.3 is 0 Å². The molecule has 198 valence electrons. The molecule has 0 bridgehead atoms. The average Bonchev–Trinajstić information content (AvgIpc) is 2.83. The highest BCUT2D eigenvalue weighted by Crippen LogP contribution is 2.30. The second-order valence-corrected chi connectivity index (χ2v) is 10.8. The maximum absolute atomic E-state index is 13.8. The summed E-state index contributed by atoms with van der Waals surface area (Å²) in [4.78, 5) is 28.4. The van der Waals surface area contributed by atoms with E-state index in [1.165, 1.54) is 4.90 Å². The van der Waals surface area contributed by atoms with Gasteiger partial charge in [-0.1, -0.05) is 55.8 Å². The van der Waals surface area contributed by atoms with Crippen molar-refractivity contribution in [3.63, 3.8) is 0 Å². The molecule has 2 aromatic rings. The third-order valence-corrected chi connectivity index (χ3v) is 7.10. The second-order valence-electron chi connectivity index (χ2n) is 8.92. The number of hydrogen-bond acceptors (Lipinski definition) is 5. The second kappa shape index (κ2) is 13.3. The van der Waals surface area contributed by atoms with Crippen molar-refractivity contribution in [2.45, 2.75) is 66.1 Å². The predicted molar refractivity (Wildman–Crippen MR) is 144 cm³/mol. The fraction of sp³-hybridized carbons (Fsp3) is 0.481. The van der Waals surface area contributed by atoms with Crippen LogP contribution in [0.15, 0.2) is 48.5 Å². The van der Waals surface area contributed by atoms with Crippen LogP contribution >= 0.6 is 0 Å². The van der Waals surface area contributed by atoms with Crippen LogP contribution in [0.1, 0.15) is 51.7 Å². The molecule has 2 amide bonds. The summed E-state index contributed by atoms with van der Waals surface area (Å²) >= 11 is 0. The minimum Gasteiger partial charge on any atom is -0.492 e. The van der Waals surface area contributed by atoms with E-state index in [-0.39, 0.29) is 24.2 Å². The quantitative estimate of drug-likeness (QED) is 0.435. The van der Waals surface area contributed by atoms with Gasteiger partial charge in [0.1, 0.15) is 18.3 Å². The summed E-state index contributed by atoms with van der Waals surface area (Å²) in [6.45, 7) is 9.56. The molecule has 0 aliphatic carbocycles. The van der Waals surface area contributed by atoms with E-state index < -0.39 is 28.5 Å². The molecule has 0 unspecified atom stereocenters. The summed E-state index contributed by atoms with van der Waals surface area (Å²) in [7, 11) is -3.84. The maximum atomic E-state index is 13.8. The number of carbonyl (C=O) groups excluding carboxylic acids is 2. The Kier molecular flexibility index (Phi) is 10.8. The molecular formula is C27H39N3O5S. The number of benzene rings is 2. The van der Waals surface area contributed by atoms with E-state index in [0.29, 0.717) is 18.8 Å². The van der Waals surface area contributed by atoms with Gasteiger partial charge in [0, 0.05) is 12.6 Å². The van der Waals surface area contributed by atoms with Crippen molar-refractivity contribution in [3.05, 3.63) is 59.7 Å². The molecule has 36 heavy (non-hydrogen) atoms. The van der Waals surface area contributed by atoms with Gasteiger partial charge in [-0.3, -0.25) is 13.9 Å². The van der Waals surface area contributed by atoms with Gasteiger partial charge in [0.05, 0.1) is 18.6 Å². The predicted octanol–water partition coefficient (Wildman–Crippen LogP) is 3.88. The molecule has 0 radical (unpaired) electrons. The minimum atomic E-state index is -3.84. The SMILES string of the molecule is CCOc1ccccc1N(CC(=O)N(Cc1ccc(C)cc1)[C@H](CC)C(=O)N[C@H](C)CC)S(C)(=O)=O. The molecule has 0 aromatic heterocycles. The molecule has 0 fully saturated rings. The fourth-order valence-corrected chi connectivity index (χ4v) is 4.64. The summed E-state index contributed by atoms with van der Waals surface area (Å²) in [6, 6.07) is 13.6. The van der Waals surface area contributed by atoms with Crippen molar-refractivity contribution in [3.8, 4) is 5.75 Å². The van der Waals surface area contributed by atoms with Gasteiger partial charge in [-0.2, -0.15) is 0 Å². The molecule has 2 aromatic carbocycles. The molecule has 0 saturated heterocycles. The van der Waals surface area contributed by atoms with Gasteiger partial charge in [0.25, 0.3) is 0 Å². The molecule has 8 nitrogen and oxygen atoms in total. The summed E-state index contributed by atoms with van der Waals surface area (Å²) in [5.74, 6) is -0.365. The van der Waals surface area contributed by atoms with Crippen LogP contribution in [0, 0.1) is 6.92 Å². The lowest BCUT2D eigenvalue weighted by molar-refractivity contribution is -0.140. The number of nitrogens with one attached hydrogen (secondary N) is 1. The van der Waals surface area contributed by atoms with Gasteiger partial charge in [0.2, 0.25) is 21.8 Å². The zero-order valence-corrected chi connectivity index (χ0v) is 23.0. The lowest BCUT2D eigenvalue weighted by atomic mass is 10.1. The number of rotatable bonds is 13. The Labute approximate surface area is 215 Å². The number of hydrogen-bond donors (Lipinski definition) is 1. The Bertz CT molecular complexity index is 1120. The van der Waals surface area contributed by atoms with Crippen molar-refractivity contribution in [2.75, 3.05) is 23.7 Å².